The Morgan fingerprint density at radius 3 is 2.57 bits per heavy atom. The molecule has 0 aliphatic heterocycles. The van der Waals surface area contributed by atoms with Crippen molar-refractivity contribution in [3.05, 3.63) is 83.6 Å². The lowest BCUT2D eigenvalue weighted by Gasteiger charge is -2.31. The Bertz CT molecular complexity index is 1310. The van der Waals surface area contributed by atoms with Gasteiger partial charge in [-0.15, -0.1) is 5.10 Å². The molecule has 1 atom stereocenters. The second-order valence-corrected chi connectivity index (χ2v) is 9.07. The van der Waals surface area contributed by atoms with E-state index in [1.54, 1.807) is 48.8 Å². The smallest absolute Gasteiger partial charge is 0.249 e. The molecule has 0 aliphatic rings. The summed E-state index contributed by atoms with van der Waals surface area (Å²) in [6, 6.07) is 16.9. The van der Waals surface area contributed by atoms with Crippen molar-refractivity contribution in [1.82, 2.24) is 25.3 Å². The Labute approximate surface area is 208 Å². The average molecular weight is 491 g/mol. The third kappa shape index (κ3) is 5.84. The number of carbonyl (C=O) groups excluding carboxylic acids is 2. The molecule has 35 heavy (non-hydrogen) atoms. The van der Waals surface area contributed by atoms with Crippen LogP contribution in [0.3, 0.4) is 0 Å². The minimum Gasteiger partial charge on any atom is -0.354 e. The Morgan fingerprint density at radius 1 is 1.06 bits per heavy atom. The maximum absolute atomic E-state index is 13.9. The van der Waals surface area contributed by atoms with Crippen molar-refractivity contribution in [2.45, 2.75) is 32.9 Å². The summed E-state index contributed by atoms with van der Waals surface area (Å²) in [6.07, 6.45) is 4.04. The molecule has 0 bridgehead atoms. The standard InChI is InChI=1S/C26H27ClN6O2/c1-18(2)10-15-29-26(35)25(19-11-13-28-14-12-19)33(21-7-5-6-20(27)16-21)24(34)17-32-23-9-4-3-8-22(23)30-31-32/h3-9,11-14,16,18,25H,10,15,17H2,1-2H3,(H,29,35)/t25-/m0/s1. The van der Waals surface area contributed by atoms with Crippen molar-refractivity contribution in [2.75, 3.05) is 11.4 Å². The van der Waals surface area contributed by atoms with Gasteiger partial charge in [0.15, 0.2) is 0 Å². The minimum atomic E-state index is -0.925. The largest absolute Gasteiger partial charge is 0.354 e. The number of para-hydroxylation sites is 1. The SMILES string of the molecule is CC(C)CCNC(=O)[C@H](c1ccncc1)N(C(=O)Cn1nnc2ccccc21)c1cccc(Cl)c1. The number of pyridine rings is 1. The highest BCUT2D eigenvalue weighted by Gasteiger charge is 2.33. The van der Waals surface area contributed by atoms with Crippen LogP contribution in [0.2, 0.25) is 5.02 Å². The van der Waals surface area contributed by atoms with Crippen molar-refractivity contribution in [2.24, 2.45) is 5.92 Å². The number of amides is 2. The predicted molar refractivity (Wildman–Crippen MR) is 136 cm³/mol. The number of carbonyl (C=O) groups is 2. The summed E-state index contributed by atoms with van der Waals surface area (Å²) in [5, 5.41) is 11.8. The highest BCUT2D eigenvalue weighted by Crippen LogP contribution is 2.30. The number of anilines is 1. The van der Waals surface area contributed by atoms with Gasteiger partial charge in [-0.1, -0.05) is 48.9 Å². The molecule has 0 fully saturated rings. The molecule has 4 aromatic rings. The van der Waals surface area contributed by atoms with Gasteiger partial charge < -0.3 is 5.32 Å². The zero-order chi connectivity index (χ0) is 24.8. The summed E-state index contributed by atoms with van der Waals surface area (Å²) in [7, 11) is 0. The Balaban J connectivity index is 1.74. The molecule has 2 amide bonds. The normalized spacial score (nSPS) is 12.0. The molecule has 0 saturated carbocycles. The summed E-state index contributed by atoms with van der Waals surface area (Å²) in [4.78, 5) is 33.0. The fraction of sp³-hybridized carbons (Fsp3) is 0.269. The molecule has 0 aliphatic carbocycles. The molecule has 180 valence electrons. The van der Waals surface area contributed by atoms with Crippen LogP contribution in [0.5, 0.6) is 0 Å². The Kier molecular flexibility index (Phi) is 7.72. The number of halogens is 1. The summed E-state index contributed by atoms with van der Waals surface area (Å²) in [5.74, 6) is -0.182. The van der Waals surface area contributed by atoms with Crippen LogP contribution < -0.4 is 10.2 Å². The van der Waals surface area contributed by atoms with Crippen molar-refractivity contribution in [3.8, 4) is 0 Å². The van der Waals surface area contributed by atoms with Gasteiger partial charge in [0.2, 0.25) is 11.8 Å². The number of nitrogens with zero attached hydrogens (tertiary/aromatic N) is 5. The molecule has 2 aromatic carbocycles. The molecular weight excluding hydrogens is 464 g/mol. The van der Waals surface area contributed by atoms with E-state index in [2.05, 4.69) is 34.5 Å². The van der Waals surface area contributed by atoms with Gasteiger partial charge in [-0.05, 0) is 60.4 Å². The van der Waals surface area contributed by atoms with E-state index < -0.39 is 6.04 Å². The van der Waals surface area contributed by atoms with Crippen LogP contribution in [0.4, 0.5) is 5.69 Å². The van der Waals surface area contributed by atoms with Crippen molar-refractivity contribution in [1.29, 1.82) is 0 Å². The van der Waals surface area contributed by atoms with Crippen LogP contribution in [0, 0.1) is 5.92 Å². The Morgan fingerprint density at radius 2 is 1.83 bits per heavy atom. The van der Waals surface area contributed by atoms with Gasteiger partial charge in [-0.3, -0.25) is 19.5 Å². The third-order valence-corrected chi connectivity index (χ3v) is 5.84. The van der Waals surface area contributed by atoms with Crippen LogP contribution >= 0.6 is 11.6 Å². The van der Waals surface area contributed by atoms with E-state index in [-0.39, 0.29) is 18.4 Å². The monoisotopic (exact) mass is 490 g/mol. The number of hydrogen-bond acceptors (Lipinski definition) is 5. The summed E-state index contributed by atoms with van der Waals surface area (Å²) in [5.41, 5.74) is 2.56. The molecule has 2 aromatic heterocycles. The number of hydrogen-bond donors (Lipinski definition) is 1. The molecule has 8 nitrogen and oxygen atoms in total. The van der Waals surface area contributed by atoms with Gasteiger partial charge in [0, 0.05) is 29.6 Å². The van der Waals surface area contributed by atoms with E-state index >= 15 is 0 Å². The van der Waals surface area contributed by atoms with Gasteiger partial charge >= 0.3 is 0 Å². The maximum atomic E-state index is 13.9. The quantitative estimate of drug-likeness (QED) is 0.375. The lowest BCUT2D eigenvalue weighted by atomic mass is 10.0. The van der Waals surface area contributed by atoms with Gasteiger partial charge in [-0.2, -0.15) is 0 Å². The van der Waals surface area contributed by atoms with Crippen LogP contribution in [0.25, 0.3) is 11.0 Å². The summed E-state index contributed by atoms with van der Waals surface area (Å²) < 4.78 is 1.54. The maximum Gasteiger partial charge on any atom is 0.249 e. The van der Waals surface area contributed by atoms with Crippen molar-refractivity contribution >= 4 is 40.1 Å². The lowest BCUT2D eigenvalue weighted by Crippen LogP contribution is -2.45. The molecule has 2 heterocycles. The topological polar surface area (TPSA) is 93.0 Å². The van der Waals surface area contributed by atoms with Gasteiger partial charge in [0.05, 0.1) is 5.52 Å². The minimum absolute atomic E-state index is 0.103. The van der Waals surface area contributed by atoms with Crippen LogP contribution in [-0.4, -0.2) is 38.3 Å². The Hall–Kier alpha value is -3.78. The van der Waals surface area contributed by atoms with Crippen LogP contribution in [-0.2, 0) is 16.1 Å². The number of benzene rings is 2. The molecule has 0 spiro atoms. The second-order valence-electron chi connectivity index (χ2n) is 8.64. The fourth-order valence-electron chi connectivity index (χ4n) is 3.85. The summed E-state index contributed by atoms with van der Waals surface area (Å²) in [6.45, 7) is 4.59. The van der Waals surface area contributed by atoms with Gasteiger partial charge in [0.1, 0.15) is 18.1 Å². The number of aromatic nitrogens is 4. The number of nitrogens with one attached hydrogen (secondary N) is 1. The summed E-state index contributed by atoms with van der Waals surface area (Å²) >= 11 is 6.29. The molecule has 1 N–H and O–H groups in total. The lowest BCUT2D eigenvalue weighted by molar-refractivity contribution is -0.127. The van der Waals surface area contributed by atoms with E-state index in [9.17, 15) is 9.59 Å². The van der Waals surface area contributed by atoms with Crippen molar-refractivity contribution in [3.63, 3.8) is 0 Å². The van der Waals surface area contributed by atoms with E-state index in [1.807, 2.05) is 24.3 Å². The first-order valence-electron chi connectivity index (χ1n) is 11.5. The van der Waals surface area contributed by atoms with E-state index in [4.69, 9.17) is 11.6 Å². The number of fused-ring (bicyclic) bond motifs is 1. The van der Waals surface area contributed by atoms with E-state index in [1.165, 1.54) is 9.58 Å². The molecule has 4 rings (SSSR count). The third-order valence-electron chi connectivity index (χ3n) is 5.61. The molecule has 0 unspecified atom stereocenters. The predicted octanol–water partition coefficient (Wildman–Crippen LogP) is 4.42. The van der Waals surface area contributed by atoms with Crippen LogP contribution in [0.1, 0.15) is 31.9 Å². The fourth-order valence-corrected chi connectivity index (χ4v) is 4.03. The molecule has 9 heteroatoms. The first-order chi connectivity index (χ1) is 16.9. The highest BCUT2D eigenvalue weighted by molar-refractivity contribution is 6.31. The van der Waals surface area contributed by atoms with Gasteiger partial charge in [0.25, 0.3) is 0 Å². The average Bonchev–Trinajstić information content (AvgIpc) is 3.25. The first kappa shape index (κ1) is 24.3. The second kappa shape index (κ2) is 11.1. The molecular formula is C26H27ClN6O2. The highest BCUT2D eigenvalue weighted by atomic mass is 35.5. The van der Waals surface area contributed by atoms with E-state index in [0.717, 1.165) is 11.9 Å². The van der Waals surface area contributed by atoms with Crippen molar-refractivity contribution < 1.29 is 9.59 Å². The van der Waals surface area contributed by atoms with Gasteiger partial charge in [-0.25, -0.2) is 4.68 Å². The molecule has 0 saturated heterocycles. The molecule has 0 radical (unpaired) electrons. The number of rotatable bonds is 9. The zero-order valence-electron chi connectivity index (χ0n) is 19.6. The first-order valence-corrected chi connectivity index (χ1v) is 11.9. The van der Waals surface area contributed by atoms with E-state index in [0.29, 0.717) is 34.3 Å². The zero-order valence-corrected chi connectivity index (χ0v) is 20.4. The van der Waals surface area contributed by atoms with Crippen LogP contribution in [0.15, 0.2) is 73.1 Å².